The molecule has 9 heteroatoms. The van der Waals surface area contributed by atoms with E-state index in [-0.39, 0.29) is 4.90 Å². The van der Waals surface area contributed by atoms with Crippen molar-refractivity contribution in [3.8, 4) is 0 Å². The van der Waals surface area contributed by atoms with Gasteiger partial charge < -0.3 is 4.57 Å². The maximum absolute atomic E-state index is 12.8. The van der Waals surface area contributed by atoms with Gasteiger partial charge in [-0.1, -0.05) is 23.4 Å². The van der Waals surface area contributed by atoms with Gasteiger partial charge in [0.25, 0.3) is 0 Å². The summed E-state index contributed by atoms with van der Waals surface area (Å²) in [6.07, 6.45) is 7.17. The summed E-state index contributed by atoms with van der Waals surface area (Å²) in [5.74, 6) is 0.848. The van der Waals surface area contributed by atoms with Gasteiger partial charge in [0.15, 0.2) is 5.16 Å². The Morgan fingerprint density at radius 2 is 1.92 bits per heavy atom. The van der Waals surface area contributed by atoms with Crippen LogP contribution in [-0.4, -0.2) is 45.6 Å². The molecule has 0 aromatic carbocycles. The number of halogens is 1. The highest BCUT2D eigenvalue weighted by Crippen LogP contribution is 2.45. The average molecular weight is 399 g/mol. The first-order chi connectivity index (χ1) is 11.9. The smallest absolute Gasteiger partial charge is 0.244 e. The molecule has 2 aromatic rings. The predicted molar refractivity (Wildman–Crippen MR) is 97.1 cm³/mol. The van der Waals surface area contributed by atoms with E-state index in [0.717, 1.165) is 18.0 Å². The van der Waals surface area contributed by atoms with E-state index < -0.39 is 10.0 Å². The van der Waals surface area contributed by atoms with Crippen molar-refractivity contribution in [1.82, 2.24) is 18.8 Å². The number of rotatable bonds is 4. The number of hydrogen-bond donors (Lipinski definition) is 0. The number of fused-ring (bicyclic) bond motifs is 1. The standard InChI is InChI=1S/C16H19ClN4O2S2/c1-20-5-4-18-16(20)24-13-6-11-9-21(10-12(11)7-13)25(22,23)14-2-3-15(17)19-8-14/h2-5,8,11-13H,6-7,9-10H2,1H3/t11-,12+,13?. The lowest BCUT2D eigenvalue weighted by atomic mass is 10.0. The molecule has 1 unspecified atom stereocenters. The van der Waals surface area contributed by atoms with E-state index in [1.165, 1.54) is 18.3 Å². The normalized spacial score (nSPS) is 26.9. The molecule has 0 radical (unpaired) electrons. The Bertz CT molecular complexity index is 855. The minimum Gasteiger partial charge on any atom is -0.329 e. The average Bonchev–Trinajstić information content (AvgIpc) is 3.24. The highest BCUT2D eigenvalue weighted by molar-refractivity contribution is 7.99. The van der Waals surface area contributed by atoms with Gasteiger partial charge >= 0.3 is 0 Å². The summed E-state index contributed by atoms with van der Waals surface area (Å²) >= 11 is 7.56. The number of imidazole rings is 1. The molecule has 1 saturated carbocycles. The summed E-state index contributed by atoms with van der Waals surface area (Å²) in [6, 6.07) is 3.05. The molecular formula is C16H19ClN4O2S2. The maximum Gasteiger partial charge on any atom is 0.244 e. The largest absolute Gasteiger partial charge is 0.329 e. The van der Waals surface area contributed by atoms with Gasteiger partial charge in [0, 0.05) is 44.0 Å². The van der Waals surface area contributed by atoms with Crippen molar-refractivity contribution in [3.05, 3.63) is 35.9 Å². The zero-order valence-electron chi connectivity index (χ0n) is 13.7. The number of sulfonamides is 1. The second-order valence-electron chi connectivity index (χ2n) is 6.69. The first-order valence-electron chi connectivity index (χ1n) is 8.19. The highest BCUT2D eigenvalue weighted by Gasteiger charge is 2.45. The van der Waals surface area contributed by atoms with Gasteiger partial charge in [-0.3, -0.25) is 0 Å². The van der Waals surface area contributed by atoms with Crippen LogP contribution in [0, 0.1) is 11.8 Å². The van der Waals surface area contributed by atoms with Crippen LogP contribution >= 0.6 is 23.4 Å². The van der Waals surface area contributed by atoms with Crippen LogP contribution in [0.4, 0.5) is 0 Å². The van der Waals surface area contributed by atoms with Gasteiger partial charge in [0.1, 0.15) is 10.0 Å². The Balaban J connectivity index is 1.42. The number of aromatic nitrogens is 3. The Kier molecular flexibility index (Phi) is 4.56. The molecule has 0 amide bonds. The molecule has 0 spiro atoms. The van der Waals surface area contributed by atoms with Crippen LogP contribution in [-0.2, 0) is 17.1 Å². The van der Waals surface area contributed by atoms with E-state index in [0.29, 0.717) is 35.3 Å². The fourth-order valence-corrected chi connectivity index (χ4v) is 6.72. The van der Waals surface area contributed by atoms with Crippen LogP contribution in [0.1, 0.15) is 12.8 Å². The van der Waals surface area contributed by atoms with Crippen LogP contribution in [0.25, 0.3) is 0 Å². The molecule has 3 heterocycles. The lowest BCUT2D eigenvalue weighted by molar-refractivity contribution is 0.446. The van der Waals surface area contributed by atoms with Gasteiger partial charge in [0.2, 0.25) is 10.0 Å². The molecule has 134 valence electrons. The number of hydrogen-bond acceptors (Lipinski definition) is 5. The molecule has 1 aliphatic heterocycles. The summed E-state index contributed by atoms with van der Waals surface area (Å²) in [5.41, 5.74) is 0. The van der Waals surface area contributed by atoms with Crippen molar-refractivity contribution in [1.29, 1.82) is 0 Å². The van der Waals surface area contributed by atoms with E-state index in [9.17, 15) is 8.42 Å². The Hall–Kier alpha value is -1.09. The van der Waals surface area contributed by atoms with Crippen LogP contribution in [0.15, 0.2) is 40.8 Å². The number of pyridine rings is 1. The van der Waals surface area contributed by atoms with Crippen molar-refractivity contribution in [2.24, 2.45) is 18.9 Å². The van der Waals surface area contributed by atoms with Crippen molar-refractivity contribution < 1.29 is 8.42 Å². The van der Waals surface area contributed by atoms with Gasteiger partial charge in [0.05, 0.1) is 0 Å². The predicted octanol–water partition coefficient (Wildman–Crippen LogP) is 2.66. The monoisotopic (exact) mass is 398 g/mol. The summed E-state index contributed by atoms with van der Waals surface area (Å²) in [6.45, 7) is 1.18. The van der Waals surface area contributed by atoms with Crippen LogP contribution in [0.3, 0.4) is 0 Å². The van der Waals surface area contributed by atoms with E-state index in [1.54, 1.807) is 4.31 Å². The first kappa shape index (κ1) is 17.3. The third kappa shape index (κ3) is 3.32. The van der Waals surface area contributed by atoms with Gasteiger partial charge in [-0.2, -0.15) is 4.31 Å². The lowest BCUT2D eigenvalue weighted by Gasteiger charge is -2.18. The molecule has 25 heavy (non-hydrogen) atoms. The number of aryl methyl sites for hydroxylation is 1. The third-order valence-electron chi connectivity index (χ3n) is 5.06. The second kappa shape index (κ2) is 6.57. The Labute approximate surface area is 156 Å². The van der Waals surface area contributed by atoms with E-state index in [2.05, 4.69) is 9.97 Å². The molecule has 1 saturated heterocycles. The number of thioether (sulfide) groups is 1. The fraction of sp³-hybridized carbons (Fsp3) is 0.500. The van der Waals surface area contributed by atoms with Crippen molar-refractivity contribution in [2.75, 3.05) is 13.1 Å². The Morgan fingerprint density at radius 1 is 1.20 bits per heavy atom. The molecule has 4 rings (SSSR count). The first-order valence-corrected chi connectivity index (χ1v) is 10.9. The highest BCUT2D eigenvalue weighted by atomic mass is 35.5. The molecular weight excluding hydrogens is 380 g/mol. The summed E-state index contributed by atoms with van der Waals surface area (Å²) in [5, 5.41) is 1.84. The second-order valence-corrected chi connectivity index (χ2v) is 10.3. The minimum absolute atomic E-state index is 0.218. The van der Waals surface area contributed by atoms with Crippen LogP contribution in [0.2, 0.25) is 5.15 Å². The van der Waals surface area contributed by atoms with Crippen LogP contribution in [0.5, 0.6) is 0 Å². The van der Waals surface area contributed by atoms with Crippen molar-refractivity contribution >= 4 is 33.4 Å². The third-order valence-corrected chi connectivity index (χ3v) is 8.42. The molecule has 1 aliphatic carbocycles. The summed E-state index contributed by atoms with van der Waals surface area (Å²) in [7, 11) is -1.48. The van der Waals surface area contributed by atoms with E-state index >= 15 is 0 Å². The SMILES string of the molecule is Cn1ccnc1SC1C[C@@H]2CN(S(=O)(=O)c3ccc(Cl)nc3)C[C@@H]2C1. The molecule has 3 atom stereocenters. The molecule has 6 nitrogen and oxygen atoms in total. The van der Waals surface area contributed by atoms with Gasteiger partial charge in [-0.15, -0.1) is 0 Å². The van der Waals surface area contributed by atoms with Crippen molar-refractivity contribution in [2.45, 2.75) is 28.1 Å². The van der Waals surface area contributed by atoms with Gasteiger partial charge in [-0.05, 0) is 36.8 Å². The molecule has 2 aliphatic rings. The van der Waals surface area contributed by atoms with E-state index in [4.69, 9.17) is 11.6 Å². The quantitative estimate of drug-likeness (QED) is 0.740. The summed E-state index contributed by atoms with van der Waals surface area (Å²) < 4.78 is 29.2. The Morgan fingerprint density at radius 3 is 2.48 bits per heavy atom. The fourth-order valence-electron chi connectivity index (χ4n) is 3.77. The molecule has 2 aromatic heterocycles. The zero-order chi connectivity index (χ0) is 17.6. The molecule has 0 bridgehead atoms. The molecule has 0 N–H and O–H groups in total. The minimum atomic E-state index is -3.48. The van der Waals surface area contributed by atoms with E-state index in [1.807, 2.05) is 35.8 Å². The topological polar surface area (TPSA) is 68.1 Å². The van der Waals surface area contributed by atoms with Crippen molar-refractivity contribution in [3.63, 3.8) is 0 Å². The van der Waals surface area contributed by atoms with Gasteiger partial charge in [-0.25, -0.2) is 18.4 Å². The van der Waals surface area contributed by atoms with Crippen LogP contribution < -0.4 is 0 Å². The number of nitrogens with zero attached hydrogens (tertiary/aromatic N) is 4. The zero-order valence-corrected chi connectivity index (χ0v) is 16.1. The molecule has 2 fully saturated rings. The summed E-state index contributed by atoms with van der Waals surface area (Å²) in [4.78, 5) is 8.49. The lowest BCUT2D eigenvalue weighted by Crippen LogP contribution is -2.30. The maximum atomic E-state index is 12.8.